The third kappa shape index (κ3) is 3.38. The second kappa shape index (κ2) is 6.76. The minimum atomic E-state index is -0.749. The summed E-state index contributed by atoms with van der Waals surface area (Å²) >= 11 is 0. The van der Waals surface area contributed by atoms with Crippen molar-refractivity contribution in [2.75, 3.05) is 7.11 Å². The molecule has 0 bridgehead atoms. The summed E-state index contributed by atoms with van der Waals surface area (Å²) in [5, 5.41) is 3.30. The molecule has 0 saturated carbocycles. The Hall–Kier alpha value is -3.15. The maximum Gasteiger partial charge on any atom is 0.349 e. The van der Waals surface area contributed by atoms with Crippen LogP contribution in [0.15, 0.2) is 57.7 Å². The van der Waals surface area contributed by atoms with Gasteiger partial charge in [0.05, 0.1) is 13.2 Å². The van der Waals surface area contributed by atoms with E-state index < -0.39 is 17.6 Å². The predicted molar refractivity (Wildman–Crippen MR) is 91.3 cm³/mol. The molecular weight excluding hydrogens is 325 g/mol. The van der Waals surface area contributed by atoms with Gasteiger partial charge in [-0.2, -0.15) is 0 Å². The van der Waals surface area contributed by atoms with Crippen molar-refractivity contribution in [1.29, 1.82) is 0 Å². The maximum absolute atomic E-state index is 13.0. The lowest BCUT2D eigenvalue weighted by atomic mass is 10.1. The van der Waals surface area contributed by atoms with E-state index in [0.717, 1.165) is 5.56 Å². The summed E-state index contributed by atoms with van der Waals surface area (Å²) in [7, 11) is 1.47. The Bertz CT molecular complexity index is 979. The second-order valence-electron chi connectivity index (χ2n) is 5.57. The van der Waals surface area contributed by atoms with Crippen LogP contribution in [0.3, 0.4) is 0 Å². The number of ether oxygens (including phenoxy) is 1. The number of halogens is 1. The van der Waals surface area contributed by atoms with Crippen LogP contribution in [0, 0.1) is 5.82 Å². The van der Waals surface area contributed by atoms with Crippen molar-refractivity contribution in [2.24, 2.45) is 0 Å². The van der Waals surface area contributed by atoms with Crippen molar-refractivity contribution in [3.63, 3.8) is 0 Å². The zero-order chi connectivity index (χ0) is 18.0. The molecule has 1 aromatic heterocycles. The van der Waals surface area contributed by atoms with Gasteiger partial charge in [0.15, 0.2) is 11.3 Å². The van der Waals surface area contributed by atoms with Gasteiger partial charge in [-0.05, 0) is 36.8 Å². The smallest absolute Gasteiger partial charge is 0.349 e. The van der Waals surface area contributed by atoms with Crippen LogP contribution in [0.5, 0.6) is 5.75 Å². The Labute approximate surface area is 143 Å². The highest BCUT2D eigenvalue weighted by molar-refractivity contribution is 5.97. The number of fused-ring (bicyclic) bond motifs is 1. The second-order valence-corrected chi connectivity index (χ2v) is 5.57. The van der Waals surface area contributed by atoms with Crippen LogP contribution >= 0.6 is 0 Å². The molecule has 0 aliphatic carbocycles. The molecule has 0 aliphatic heterocycles. The number of methoxy groups -OCH3 is 1. The third-order valence-corrected chi connectivity index (χ3v) is 3.91. The summed E-state index contributed by atoms with van der Waals surface area (Å²) in [6.07, 6.45) is 0. The molecule has 3 aromatic rings. The van der Waals surface area contributed by atoms with Gasteiger partial charge in [0, 0.05) is 5.39 Å². The number of hydrogen-bond donors (Lipinski definition) is 1. The van der Waals surface area contributed by atoms with Crippen LogP contribution in [0.4, 0.5) is 4.39 Å². The maximum atomic E-state index is 13.0. The van der Waals surface area contributed by atoms with Gasteiger partial charge in [-0.15, -0.1) is 0 Å². The van der Waals surface area contributed by atoms with E-state index in [2.05, 4.69) is 5.32 Å². The molecule has 0 radical (unpaired) electrons. The van der Waals surface area contributed by atoms with Gasteiger partial charge in [0.25, 0.3) is 5.91 Å². The van der Waals surface area contributed by atoms with E-state index in [1.807, 2.05) is 0 Å². The van der Waals surface area contributed by atoms with Crippen LogP contribution in [0.25, 0.3) is 11.0 Å². The molecule has 0 fully saturated rings. The number of nitrogens with one attached hydrogen (secondary N) is 1. The molecule has 0 saturated heterocycles. The average Bonchev–Trinajstić information content (AvgIpc) is 2.61. The van der Waals surface area contributed by atoms with Crippen molar-refractivity contribution in [3.05, 3.63) is 75.9 Å². The minimum Gasteiger partial charge on any atom is -0.493 e. The molecule has 2 aromatic carbocycles. The first-order valence-electron chi connectivity index (χ1n) is 7.67. The number of rotatable bonds is 4. The molecule has 0 spiro atoms. The minimum absolute atomic E-state index is 0.102. The van der Waals surface area contributed by atoms with Crippen LogP contribution in [0.2, 0.25) is 0 Å². The van der Waals surface area contributed by atoms with Crippen molar-refractivity contribution in [2.45, 2.75) is 13.0 Å². The lowest BCUT2D eigenvalue weighted by Gasteiger charge is -2.14. The molecule has 5 nitrogen and oxygen atoms in total. The quantitative estimate of drug-likeness (QED) is 0.738. The molecule has 0 unspecified atom stereocenters. The summed E-state index contributed by atoms with van der Waals surface area (Å²) in [5.74, 6) is -0.497. The first kappa shape index (κ1) is 16.7. The number of hydrogen-bond acceptors (Lipinski definition) is 4. The molecule has 0 aliphatic rings. The molecule has 1 N–H and O–H groups in total. The van der Waals surface area contributed by atoms with Crippen LogP contribution < -0.4 is 15.7 Å². The molecule has 3 rings (SSSR count). The topological polar surface area (TPSA) is 68.5 Å². The SMILES string of the molecule is COc1cccc2cc(C(=O)N[C@@H](C)c3ccc(F)cc3)c(=O)oc12. The van der Waals surface area contributed by atoms with Gasteiger partial charge < -0.3 is 14.5 Å². The van der Waals surface area contributed by atoms with E-state index in [1.165, 1.54) is 25.3 Å². The van der Waals surface area contributed by atoms with E-state index in [0.29, 0.717) is 11.1 Å². The first-order valence-corrected chi connectivity index (χ1v) is 7.67. The Morgan fingerprint density at radius 1 is 1.20 bits per heavy atom. The van der Waals surface area contributed by atoms with E-state index in [4.69, 9.17) is 9.15 Å². The van der Waals surface area contributed by atoms with E-state index in [1.54, 1.807) is 37.3 Å². The fraction of sp³-hybridized carbons (Fsp3) is 0.158. The number of carbonyl (C=O) groups excluding carboxylic acids is 1. The zero-order valence-corrected chi connectivity index (χ0v) is 13.7. The highest BCUT2D eigenvalue weighted by atomic mass is 19.1. The van der Waals surface area contributed by atoms with Crippen LogP contribution in [-0.4, -0.2) is 13.0 Å². The molecule has 1 amide bonds. The standard InChI is InChI=1S/C19H16FNO4/c1-11(12-6-8-14(20)9-7-12)21-18(22)15-10-13-4-3-5-16(24-2)17(13)25-19(15)23/h3-11H,1-2H3,(H,21,22)/t11-/m0/s1. The van der Waals surface area contributed by atoms with Crippen LogP contribution in [-0.2, 0) is 0 Å². The van der Waals surface area contributed by atoms with E-state index >= 15 is 0 Å². The largest absolute Gasteiger partial charge is 0.493 e. The zero-order valence-electron chi connectivity index (χ0n) is 13.7. The normalized spacial score (nSPS) is 12.0. The number of amides is 1. The molecule has 25 heavy (non-hydrogen) atoms. The van der Waals surface area contributed by atoms with Gasteiger partial charge in [-0.25, -0.2) is 9.18 Å². The van der Waals surface area contributed by atoms with Crippen molar-refractivity contribution in [3.8, 4) is 5.75 Å². The van der Waals surface area contributed by atoms with Gasteiger partial charge in [-0.1, -0.05) is 24.3 Å². The number of benzene rings is 2. The van der Waals surface area contributed by atoms with E-state index in [-0.39, 0.29) is 17.0 Å². The Kier molecular flexibility index (Phi) is 4.52. The average molecular weight is 341 g/mol. The summed E-state index contributed by atoms with van der Waals surface area (Å²) in [5.41, 5.74) is 0.162. The number of carbonyl (C=O) groups is 1. The first-order chi connectivity index (χ1) is 12.0. The lowest BCUT2D eigenvalue weighted by molar-refractivity contribution is 0.0936. The van der Waals surface area contributed by atoms with Crippen molar-refractivity contribution in [1.82, 2.24) is 5.32 Å². The summed E-state index contributed by atoms with van der Waals surface area (Å²) in [6, 6.07) is 12.0. The van der Waals surface area contributed by atoms with Gasteiger partial charge in [0.2, 0.25) is 0 Å². The molecule has 128 valence electrons. The van der Waals surface area contributed by atoms with Gasteiger partial charge in [0.1, 0.15) is 11.4 Å². The molecular formula is C19H16FNO4. The van der Waals surface area contributed by atoms with Crippen molar-refractivity contribution < 1.29 is 18.3 Å². The molecule has 1 heterocycles. The van der Waals surface area contributed by atoms with Crippen LogP contribution in [0.1, 0.15) is 28.9 Å². The van der Waals surface area contributed by atoms with Crippen molar-refractivity contribution >= 4 is 16.9 Å². The highest BCUT2D eigenvalue weighted by Crippen LogP contribution is 2.24. The Morgan fingerprint density at radius 2 is 1.92 bits per heavy atom. The molecule has 6 heteroatoms. The fourth-order valence-electron chi connectivity index (χ4n) is 2.55. The fourth-order valence-corrected chi connectivity index (χ4v) is 2.55. The summed E-state index contributed by atoms with van der Waals surface area (Å²) in [6.45, 7) is 1.75. The Morgan fingerprint density at radius 3 is 2.60 bits per heavy atom. The summed E-state index contributed by atoms with van der Waals surface area (Å²) < 4.78 is 23.4. The monoisotopic (exact) mass is 341 g/mol. The Balaban J connectivity index is 1.90. The summed E-state index contributed by atoms with van der Waals surface area (Å²) in [4.78, 5) is 24.6. The predicted octanol–water partition coefficient (Wildman–Crippen LogP) is 3.43. The highest BCUT2D eigenvalue weighted by Gasteiger charge is 2.18. The third-order valence-electron chi connectivity index (χ3n) is 3.91. The van der Waals surface area contributed by atoms with Gasteiger partial charge in [-0.3, -0.25) is 4.79 Å². The lowest BCUT2D eigenvalue weighted by Crippen LogP contribution is -2.30. The molecule has 1 atom stereocenters. The van der Waals surface area contributed by atoms with Gasteiger partial charge >= 0.3 is 5.63 Å². The number of para-hydroxylation sites is 1. The van der Waals surface area contributed by atoms with E-state index in [9.17, 15) is 14.0 Å².